The van der Waals surface area contributed by atoms with E-state index in [0.717, 1.165) is 38.9 Å². The predicted octanol–water partition coefficient (Wildman–Crippen LogP) is 0.922. The Labute approximate surface area is 108 Å². The van der Waals surface area contributed by atoms with E-state index in [1.54, 1.807) is 12.5 Å². The molecule has 1 amide bonds. The largest absolute Gasteiger partial charge is 0.355 e. The number of hydrogen-bond donors (Lipinski definition) is 2. The average Bonchev–Trinajstić information content (AvgIpc) is 2.74. The highest BCUT2D eigenvalue weighted by Gasteiger charge is 2.18. The van der Waals surface area contributed by atoms with Gasteiger partial charge in [0.1, 0.15) is 0 Å². The first-order valence-corrected chi connectivity index (χ1v) is 6.83. The lowest BCUT2D eigenvalue weighted by Crippen LogP contribution is -2.44. The molecule has 0 spiro atoms. The normalized spacial score (nSPS) is 20.3. The summed E-state index contributed by atoms with van der Waals surface area (Å²) in [4.78, 5) is 15.9. The number of amides is 1. The molecule has 1 aliphatic heterocycles. The number of aromatic nitrogens is 2. The first kappa shape index (κ1) is 13.1. The third-order valence-corrected chi connectivity index (χ3v) is 3.33. The second-order valence-corrected chi connectivity index (χ2v) is 4.80. The summed E-state index contributed by atoms with van der Waals surface area (Å²) in [6.07, 6.45) is 11.0. The van der Waals surface area contributed by atoms with Crippen molar-refractivity contribution in [2.45, 2.75) is 44.7 Å². The number of nitrogens with one attached hydrogen (secondary N) is 2. The van der Waals surface area contributed by atoms with Crippen LogP contribution in [0.3, 0.4) is 0 Å². The van der Waals surface area contributed by atoms with Gasteiger partial charge in [-0.2, -0.15) is 0 Å². The van der Waals surface area contributed by atoms with Gasteiger partial charge in [0.15, 0.2) is 0 Å². The number of nitrogens with zero attached hydrogens (tertiary/aromatic N) is 2. The second-order valence-electron chi connectivity index (χ2n) is 4.80. The second kappa shape index (κ2) is 7.16. The number of hydrogen-bond acceptors (Lipinski definition) is 3. The SMILES string of the molecule is O=C(NCCCn1ccnc1)C1CCCCCN1. The highest BCUT2D eigenvalue weighted by atomic mass is 16.2. The van der Waals surface area contributed by atoms with Crippen LogP contribution in [-0.2, 0) is 11.3 Å². The number of rotatable bonds is 5. The maximum atomic E-state index is 11.9. The first-order valence-electron chi connectivity index (χ1n) is 6.83. The molecule has 1 aromatic rings. The van der Waals surface area contributed by atoms with E-state index in [9.17, 15) is 4.79 Å². The molecule has 5 nitrogen and oxygen atoms in total. The molecule has 1 atom stereocenters. The Bertz CT molecular complexity index is 342. The van der Waals surface area contributed by atoms with E-state index in [4.69, 9.17) is 0 Å². The van der Waals surface area contributed by atoms with Crippen LogP contribution in [0, 0.1) is 0 Å². The van der Waals surface area contributed by atoms with Crippen molar-refractivity contribution >= 4 is 5.91 Å². The monoisotopic (exact) mass is 250 g/mol. The van der Waals surface area contributed by atoms with Gasteiger partial charge in [0.05, 0.1) is 12.4 Å². The van der Waals surface area contributed by atoms with Crippen LogP contribution in [0.5, 0.6) is 0 Å². The van der Waals surface area contributed by atoms with E-state index >= 15 is 0 Å². The molecule has 0 radical (unpaired) electrons. The van der Waals surface area contributed by atoms with E-state index in [0.29, 0.717) is 0 Å². The van der Waals surface area contributed by atoms with E-state index in [1.807, 2.05) is 10.8 Å². The van der Waals surface area contributed by atoms with Crippen molar-refractivity contribution in [2.24, 2.45) is 0 Å². The minimum Gasteiger partial charge on any atom is -0.355 e. The van der Waals surface area contributed by atoms with Crippen molar-refractivity contribution in [3.05, 3.63) is 18.7 Å². The first-order chi connectivity index (χ1) is 8.86. The van der Waals surface area contributed by atoms with Gasteiger partial charge in [-0.15, -0.1) is 0 Å². The predicted molar refractivity (Wildman–Crippen MR) is 70.1 cm³/mol. The fourth-order valence-electron chi connectivity index (χ4n) is 2.27. The van der Waals surface area contributed by atoms with Crippen molar-refractivity contribution in [2.75, 3.05) is 13.1 Å². The maximum absolute atomic E-state index is 11.9. The zero-order chi connectivity index (χ0) is 12.6. The molecule has 1 unspecified atom stereocenters. The third kappa shape index (κ3) is 4.14. The van der Waals surface area contributed by atoms with Gasteiger partial charge < -0.3 is 15.2 Å². The minimum absolute atomic E-state index is 0.0146. The zero-order valence-electron chi connectivity index (χ0n) is 10.8. The lowest BCUT2D eigenvalue weighted by atomic mass is 10.1. The molecule has 2 N–H and O–H groups in total. The van der Waals surface area contributed by atoms with E-state index in [1.165, 1.54) is 12.8 Å². The third-order valence-electron chi connectivity index (χ3n) is 3.33. The lowest BCUT2D eigenvalue weighted by Gasteiger charge is -2.15. The molecule has 1 aliphatic rings. The molecule has 1 saturated heterocycles. The highest BCUT2D eigenvalue weighted by Crippen LogP contribution is 2.08. The van der Waals surface area contributed by atoms with E-state index < -0.39 is 0 Å². The van der Waals surface area contributed by atoms with Crippen LogP contribution in [-0.4, -0.2) is 34.6 Å². The molecule has 1 fully saturated rings. The molecule has 2 heterocycles. The van der Waals surface area contributed by atoms with Crippen LogP contribution in [0.4, 0.5) is 0 Å². The van der Waals surface area contributed by atoms with Crippen LogP contribution in [0.1, 0.15) is 32.1 Å². The van der Waals surface area contributed by atoms with Crippen LogP contribution in [0.15, 0.2) is 18.7 Å². The van der Waals surface area contributed by atoms with Gasteiger partial charge in [-0.1, -0.05) is 12.8 Å². The lowest BCUT2D eigenvalue weighted by molar-refractivity contribution is -0.123. The summed E-state index contributed by atoms with van der Waals surface area (Å²) in [5.41, 5.74) is 0. The Morgan fingerprint density at radius 1 is 1.44 bits per heavy atom. The summed E-state index contributed by atoms with van der Waals surface area (Å²) >= 11 is 0. The van der Waals surface area contributed by atoms with Gasteiger partial charge in [0.2, 0.25) is 5.91 Å². The Balaban J connectivity index is 1.61. The van der Waals surface area contributed by atoms with Crippen molar-refractivity contribution in [3.8, 4) is 0 Å². The zero-order valence-corrected chi connectivity index (χ0v) is 10.8. The molecular formula is C13H22N4O. The fraction of sp³-hybridized carbons (Fsp3) is 0.692. The van der Waals surface area contributed by atoms with Crippen molar-refractivity contribution in [1.29, 1.82) is 0 Å². The van der Waals surface area contributed by atoms with Gasteiger partial charge >= 0.3 is 0 Å². The van der Waals surface area contributed by atoms with Gasteiger partial charge in [-0.3, -0.25) is 4.79 Å². The van der Waals surface area contributed by atoms with Gasteiger partial charge in [-0.25, -0.2) is 4.98 Å². The molecule has 18 heavy (non-hydrogen) atoms. The minimum atomic E-state index is 0.0146. The van der Waals surface area contributed by atoms with Crippen LogP contribution < -0.4 is 10.6 Å². The Morgan fingerprint density at radius 2 is 2.39 bits per heavy atom. The van der Waals surface area contributed by atoms with Crippen LogP contribution >= 0.6 is 0 Å². The standard InChI is InChI=1S/C13H22N4O/c18-13(12-5-2-1-3-6-15-12)16-7-4-9-17-10-8-14-11-17/h8,10-12,15H,1-7,9H2,(H,16,18). The molecule has 1 aromatic heterocycles. The summed E-state index contributed by atoms with van der Waals surface area (Å²) in [7, 11) is 0. The quantitative estimate of drug-likeness (QED) is 0.764. The fourth-order valence-corrected chi connectivity index (χ4v) is 2.27. The molecule has 5 heteroatoms. The smallest absolute Gasteiger partial charge is 0.237 e. The number of carbonyl (C=O) groups is 1. The molecule has 2 rings (SSSR count). The maximum Gasteiger partial charge on any atom is 0.237 e. The molecule has 0 aliphatic carbocycles. The van der Waals surface area contributed by atoms with Gasteiger partial charge in [0.25, 0.3) is 0 Å². The van der Waals surface area contributed by atoms with Crippen LogP contribution in [0.2, 0.25) is 0 Å². The molecule has 0 saturated carbocycles. The summed E-state index contributed by atoms with van der Waals surface area (Å²) in [6, 6.07) is 0.0146. The summed E-state index contributed by atoms with van der Waals surface area (Å²) in [6.45, 7) is 2.60. The van der Waals surface area contributed by atoms with E-state index in [2.05, 4.69) is 15.6 Å². The number of aryl methyl sites for hydroxylation is 1. The van der Waals surface area contributed by atoms with Crippen molar-refractivity contribution < 1.29 is 4.79 Å². The molecule has 0 aromatic carbocycles. The Hall–Kier alpha value is -1.36. The highest BCUT2D eigenvalue weighted by molar-refractivity contribution is 5.81. The van der Waals surface area contributed by atoms with Crippen molar-refractivity contribution in [3.63, 3.8) is 0 Å². The average molecular weight is 250 g/mol. The molecular weight excluding hydrogens is 228 g/mol. The van der Waals surface area contributed by atoms with Gasteiger partial charge in [0, 0.05) is 25.5 Å². The van der Waals surface area contributed by atoms with Crippen molar-refractivity contribution in [1.82, 2.24) is 20.2 Å². The Morgan fingerprint density at radius 3 is 3.22 bits per heavy atom. The van der Waals surface area contributed by atoms with Gasteiger partial charge in [-0.05, 0) is 25.8 Å². The molecule has 100 valence electrons. The van der Waals surface area contributed by atoms with E-state index in [-0.39, 0.29) is 11.9 Å². The Kier molecular flexibility index (Phi) is 5.20. The number of carbonyl (C=O) groups excluding carboxylic acids is 1. The number of imidazole rings is 1. The topological polar surface area (TPSA) is 59.0 Å². The van der Waals surface area contributed by atoms with Crippen LogP contribution in [0.25, 0.3) is 0 Å². The summed E-state index contributed by atoms with van der Waals surface area (Å²) in [5, 5.41) is 6.32. The molecule has 0 bridgehead atoms. The summed E-state index contributed by atoms with van der Waals surface area (Å²) in [5.74, 6) is 0.155. The summed E-state index contributed by atoms with van der Waals surface area (Å²) < 4.78 is 2.02.